The van der Waals surface area contributed by atoms with Crippen molar-refractivity contribution in [2.24, 2.45) is 29.1 Å². The van der Waals surface area contributed by atoms with Crippen molar-refractivity contribution in [3.8, 4) is 0 Å². The zero-order chi connectivity index (χ0) is 33.0. The predicted octanol–water partition coefficient (Wildman–Crippen LogP) is 3.19. The summed E-state index contributed by atoms with van der Waals surface area (Å²) in [5.74, 6) is 2.06. The van der Waals surface area contributed by atoms with Gasteiger partial charge in [-0.05, 0) is 100 Å². The molecule has 10 nitrogen and oxygen atoms in total. The number of aliphatic hydroxyl groups excluding tert-OH is 1. The summed E-state index contributed by atoms with van der Waals surface area (Å²) in [5.41, 5.74) is 0.859. The largest absolute Gasteiger partial charge is 0.391 e. The number of aliphatic hydroxyl groups is 1. The van der Waals surface area contributed by atoms with Crippen LogP contribution in [0.4, 0.5) is 0 Å². The fraction of sp³-hybridized carbons (Fsp3) is 0.868. The van der Waals surface area contributed by atoms with E-state index in [4.69, 9.17) is 4.74 Å². The summed E-state index contributed by atoms with van der Waals surface area (Å²) in [4.78, 5) is 49.2. The number of hydrogen-bond donors (Lipinski definition) is 3. The molecule has 3 N–H and O–H groups in total. The fourth-order valence-corrected chi connectivity index (χ4v) is 12.2. The lowest BCUT2D eigenvalue weighted by Gasteiger charge is -2.56. The van der Waals surface area contributed by atoms with Crippen LogP contribution < -0.4 is 10.6 Å². The van der Waals surface area contributed by atoms with Gasteiger partial charge in [-0.3, -0.25) is 19.3 Å². The number of amides is 3. The van der Waals surface area contributed by atoms with Crippen molar-refractivity contribution in [2.45, 2.75) is 139 Å². The van der Waals surface area contributed by atoms with Gasteiger partial charge in [-0.2, -0.15) is 0 Å². The molecule has 2 saturated heterocycles. The van der Waals surface area contributed by atoms with E-state index in [0.717, 1.165) is 58.0 Å². The van der Waals surface area contributed by atoms with E-state index in [1.165, 1.54) is 50.5 Å². The Bertz CT molecular complexity index is 1230. The van der Waals surface area contributed by atoms with Crippen LogP contribution in [-0.2, 0) is 19.1 Å². The number of β-amino-alcohol motifs (C(OH)–C–C–N with tert-alkyl or cyclic N) is 1. The standard InChI is InChI=1S/C38H59N5O5/c1-48-34-9-5-4-8-32(34)41-10-12-42(13-11-41)36(46)31(17-27-22-39-30-7-3-2-6-29(27)30)40-35(45)33-18-28(44)23-43(33)37(47)38-19-24-14-25(20-38)16-26(15-24)21-38/h22,24-26,28-34,39,44H,2-21,23H2,1H3,(H,40,45)/t24?,25?,26?,28-,29?,30?,31?,32?,33?,34?,38?/m1/s1. The lowest BCUT2D eigenvalue weighted by molar-refractivity contribution is -0.160. The van der Waals surface area contributed by atoms with Gasteiger partial charge in [0.25, 0.3) is 0 Å². The predicted molar refractivity (Wildman–Crippen MR) is 181 cm³/mol. The molecule has 8 fully saturated rings. The van der Waals surface area contributed by atoms with Crippen molar-refractivity contribution in [3.05, 3.63) is 11.8 Å². The highest BCUT2D eigenvalue weighted by Gasteiger charge is 2.57. The third-order valence-electron chi connectivity index (χ3n) is 14.2. The number of rotatable bonds is 8. The second kappa shape index (κ2) is 13.5. The van der Waals surface area contributed by atoms with Crippen molar-refractivity contribution in [1.29, 1.82) is 0 Å². The lowest BCUT2D eigenvalue weighted by Crippen LogP contribution is -2.60. The molecule has 0 aromatic heterocycles. The maximum atomic E-state index is 14.4. The van der Waals surface area contributed by atoms with Crippen LogP contribution in [0.5, 0.6) is 0 Å². The summed E-state index contributed by atoms with van der Waals surface area (Å²) in [6.07, 6.45) is 18.3. The Morgan fingerprint density at radius 1 is 0.938 bits per heavy atom. The number of carbonyl (C=O) groups excluding carboxylic acids is 3. The number of carbonyl (C=O) groups is 3. The number of likely N-dealkylation sites (tertiary alicyclic amines) is 1. The van der Waals surface area contributed by atoms with Crippen LogP contribution in [0, 0.1) is 29.1 Å². The van der Waals surface area contributed by atoms with Gasteiger partial charge in [0.05, 0.1) is 17.6 Å². The van der Waals surface area contributed by atoms with E-state index in [0.29, 0.717) is 55.3 Å². The number of fused-ring (bicyclic) bond motifs is 1. The van der Waals surface area contributed by atoms with Crippen molar-refractivity contribution in [2.75, 3.05) is 39.8 Å². The van der Waals surface area contributed by atoms with Gasteiger partial charge in [0, 0.05) is 64.3 Å². The summed E-state index contributed by atoms with van der Waals surface area (Å²) in [5, 5.41) is 17.6. The normalized spacial score (nSPS) is 41.5. The van der Waals surface area contributed by atoms with Crippen molar-refractivity contribution in [3.63, 3.8) is 0 Å². The van der Waals surface area contributed by atoms with E-state index < -0.39 is 18.2 Å². The Hall–Kier alpha value is -2.17. The zero-order valence-corrected chi connectivity index (χ0v) is 29.1. The van der Waals surface area contributed by atoms with E-state index >= 15 is 0 Å². The summed E-state index contributed by atoms with van der Waals surface area (Å²) >= 11 is 0. The van der Waals surface area contributed by atoms with Crippen LogP contribution in [0.2, 0.25) is 0 Å². The van der Waals surface area contributed by atoms with Gasteiger partial charge >= 0.3 is 0 Å². The highest BCUT2D eigenvalue weighted by molar-refractivity contribution is 5.94. The molecule has 0 spiro atoms. The Labute approximate surface area is 286 Å². The molecule has 4 bridgehead atoms. The van der Waals surface area contributed by atoms with Crippen molar-refractivity contribution in [1.82, 2.24) is 25.3 Å². The minimum Gasteiger partial charge on any atom is -0.391 e. The first-order valence-electron chi connectivity index (χ1n) is 19.6. The first-order valence-corrected chi connectivity index (χ1v) is 19.6. The molecule has 6 unspecified atom stereocenters. The molecule has 9 rings (SSSR count). The molecule has 266 valence electrons. The average molecular weight is 666 g/mol. The summed E-state index contributed by atoms with van der Waals surface area (Å²) in [6.45, 7) is 3.12. The van der Waals surface area contributed by atoms with E-state index in [1.807, 2.05) is 12.0 Å². The summed E-state index contributed by atoms with van der Waals surface area (Å²) in [6, 6.07) is -0.594. The van der Waals surface area contributed by atoms with E-state index in [2.05, 4.69) is 21.7 Å². The van der Waals surface area contributed by atoms with Crippen LogP contribution in [0.1, 0.15) is 103 Å². The third-order valence-corrected chi connectivity index (χ3v) is 14.2. The van der Waals surface area contributed by atoms with Crippen molar-refractivity contribution < 1.29 is 24.2 Å². The number of ether oxygens (including phenoxy) is 1. The number of hydrogen-bond acceptors (Lipinski definition) is 7. The van der Waals surface area contributed by atoms with Gasteiger partial charge in [0.1, 0.15) is 12.1 Å². The Balaban J connectivity index is 0.975. The Morgan fingerprint density at radius 2 is 1.60 bits per heavy atom. The molecule has 48 heavy (non-hydrogen) atoms. The minimum atomic E-state index is -0.733. The third kappa shape index (κ3) is 6.21. The number of nitrogens with one attached hydrogen (secondary N) is 2. The van der Waals surface area contributed by atoms with Crippen LogP contribution in [-0.4, -0.2) is 114 Å². The molecule has 10 heteroatoms. The molecule has 0 aromatic rings. The van der Waals surface area contributed by atoms with Gasteiger partial charge in [-0.1, -0.05) is 25.7 Å². The zero-order valence-electron chi connectivity index (χ0n) is 29.1. The summed E-state index contributed by atoms with van der Waals surface area (Å²) in [7, 11) is 1.82. The van der Waals surface area contributed by atoms with Gasteiger partial charge in [-0.15, -0.1) is 0 Å². The molecular formula is C38H59N5O5. The SMILES string of the molecule is COC1CCCCC1N1CCN(C(=O)C(CC2=CNC3CCCCC23)NC(=O)C2C[C@@H](O)CN2C(=O)C23CC4CC(CC(C4)C2)C3)CC1. The van der Waals surface area contributed by atoms with Gasteiger partial charge in [0.2, 0.25) is 17.7 Å². The molecule has 9 aliphatic rings. The van der Waals surface area contributed by atoms with Crippen LogP contribution in [0.15, 0.2) is 11.8 Å². The molecule has 6 aliphatic carbocycles. The second-order valence-corrected chi connectivity index (χ2v) is 17.2. The number of piperazine rings is 1. The Kier molecular flexibility index (Phi) is 9.29. The van der Waals surface area contributed by atoms with Gasteiger partial charge in [0.15, 0.2) is 0 Å². The lowest BCUT2D eigenvalue weighted by atomic mass is 9.49. The average Bonchev–Trinajstić information content (AvgIpc) is 3.70. The Morgan fingerprint density at radius 3 is 2.31 bits per heavy atom. The fourth-order valence-electron chi connectivity index (χ4n) is 12.2. The number of nitrogens with zero attached hydrogens (tertiary/aromatic N) is 3. The molecular weight excluding hydrogens is 606 g/mol. The molecule has 3 heterocycles. The maximum absolute atomic E-state index is 14.4. The molecule has 3 aliphatic heterocycles. The summed E-state index contributed by atoms with van der Waals surface area (Å²) < 4.78 is 5.85. The monoisotopic (exact) mass is 665 g/mol. The van der Waals surface area contributed by atoms with Crippen molar-refractivity contribution >= 4 is 17.7 Å². The molecule has 7 atom stereocenters. The highest BCUT2D eigenvalue weighted by atomic mass is 16.5. The molecule has 0 aromatic carbocycles. The van der Waals surface area contributed by atoms with E-state index in [-0.39, 0.29) is 42.2 Å². The molecule has 3 amide bonds. The van der Waals surface area contributed by atoms with Crippen LogP contribution >= 0.6 is 0 Å². The molecule has 6 saturated carbocycles. The van der Waals surface area contributed by atoms with Crippen LogP contribution in [0.3, 0.4) is 0 Å². The first-order chi connectivity index (χ1) is 23.3. The first kappa shape index (κ1) is 33.0. The van der Waals surface area contributed by atoms with Gasteiger partial charge in [-0.25, -0.2) is 0 Å². The second-order valence-electron chi connectivity index (χ2n) is 17.2. The quantitative estimate of drug-likeness (QED) is 0.365. The number of methoxy groups -OCH3 is 1. The highest BCUT2D eigenvalue weighted by Crippen LogP contribution is 2.61. The molecule has 0 radical (unpaired) electrons. The topological polar surface area (TPSA) is 114 Å². The van der Waals surface area contributed by atoms with E-state index in [1.54, 1.807) is 4.90 Å². The van der Waals surface area contributed by atoms with Crippen LogP contribution in [0.25, 0.3) is 0 Å². The minimum absolute atomic E-state index is 0.0207. The maximum Gasteiger partial charge on any atom is 0.245 e. The van der Waals surface area contributed by atoms with Gasteiger partial charge < -0.3 is 30.3 Å². The smallest absolute Gasteiger partial charge is 0.245 e. The van der Waals surface area contributed by atoms with E-state index in [9.17, 15) is 19.5 Å².